The van der Waals surface area contributed by atoms with E-state index in [9.17, 15) is 0 Å². The fraction of sp³-hybridized carbons (Fsp3) is 0.643. The largest absolute Gasteiger partial charge is 0.370 e. The minimum atomic E-state index is 0.621. The number of pyridine rings is 1. The van der Waals surface area contributed by atoms with Gasteiger partial charge in [-0.05, 0) is 56.3 Å². The van der Waals surface area contributed by atoms with E-state index in [1.54, 1.807) is 0 Å². The normalized spacial score (nSPS) is 28.0. The second-order valence-corrected chi connectivity index (χ2v) is 5.91. The van der Waals surface area contributed by atoms with Gasteiger partial charge in [-0.25, -0.2) is 4.98 Å². The highest BCUT2D eigenvalue weighted by Crippen LogP contribution is 2.31. The third-order valence-electron chi connectivity index (χ3n) is 4.35. The van der Waals surface area contributed by atoms with Crippen molar-refractivity contribution >= 4 is 17.3 Å². The summed E-state index contributed by atoms with van der Waals surface area (Å²) in [5.41, 5.74) is 2.30. The van der Waals surface area contributed by atoms with E-state index in [-0.39, 0.29) is 0 Å². The van der Waals surface area contributed by atoms with E-state index >= 15 is 0 Å². The van der Waals surface area contributed by atoms with E-state index in [1.807, 2.05) is 13.1 Å². The van der Waals surface area contributed by atoms with Crippen LogP contribution in [0.2, 0.25) is 5.15 Å². The monoisotopic (exact) mass is 265 g/mol. The summed E-state index contributed by atoms with van der Waals surface area (Å²) in [4.78, 5) is 6.74. The molecule has 18 heavy (non-hydrogen) atoms. The first-order valence-electron chi connectivity index (χ1n) is 6.82. The molecule has 0 spiro atoms. The predicted octanol–water partition coefficient (Wildman–Crippen LogP) is 2.48. The van der Waals surface area contributed by atoms with Crippen LogP contribution in [0, 0.1) is 18.8 Å². The van der Waals surface area contributed by atoms with Crippen LogP contribution in [0.15, 0.2) is 12.3 Å². The first-order chi connectivity index (χ1) is 8.74. The molecular formula is C14H20ClN3. The Bertz CT molecular complexity index is 435. The van der Waals surface area contributed by atoms with E-state index in [4.69, 9.17) is 11.6 Å². The summed E-state index contributed by atoms with van der Waals surface area (Å²) in [5, 5.41) is 4.13. The quantitative estimate of drug-likeness (QED) is 0.791. The zero-order chi connectivity index (χ0) is 12.5. The molecule has 2 saturated heterocycles. The molecule has 3 nitrogen and oxygen atoms in total. The van der Waals surface area contributed by atoms with Gasteiger partial charge in [0.2, 0.25) is 0 Å². The maximum atomic E-state index is 5.99. The molecule has 98 valence electrons. The maximum absolute atomic E-state index is 5.99. The smallest absolute Gasteiger partial charge is 0.132 e. The van der Waals surface area contributed by atoms with Gasteiger partial charge in [-0.15, -0.1) is 0 Å². The molecule has 0 unspecified atom stereocenters. The molecule has 0 aromatic carbocycles. The molecule has 3 heterocycles. The van der Waals surface area contributed by atoms with Gasteiger partial charge in [0.25, 0.3) is 0 Å². The van der Waals surface area contributed by atoms with Gasteiger partial charge in [0.05, 0.1) is 11.9 Å². The van der Waals surface area contributed by atoms with E-state index in [0.29, 0.717) is 5.15 Å². The van der Waals surface area contributed by atoms with Gasteiger partial charge in [-0.2, -0.15) is 0 Å². The van der Waals surface area contributed by atoms with E-state index in [2.05, 4.69) is 21.3 Å². The van der Waals surface area contributed by atoms with Crippen molar-refractivity contribution in [3.05, 3.63) is 23.0 Å². The summed E-state index contributed by atoms with van der Waals surface area (Å²) >= 11 is 5.99. The van der Waals surface area contributed by atoms with Gasteiger partial charge >= 0.3 is 0 Å². The third kappa shape index (κ3) is 2.34. The second kappa shape index (κ2) is 5.06. The van der Waals surface area contributed by atoms with Crippen molar-refractivity contribution in [3.63, 3.8) is 0 Å². The van der Waals surface area contributed by atoms with Crippen molar-refractivity contribution in [3.8, 4) is 0 Å². The zero-order valence-corrected chi connectivity index (χ0v) is 11.6. The molecule has 0 saturated carbocycles. The molecule has 2 atom stereocenters. The summed E-state index contributed by atoms with van der Waals surface area (Å²) in [6, 6.07) is 2.16. The van der Waals surface area contributed by atoms with Crippen LogP contribution in [-0.4, -0.2) is 31.2 Å². The first kappa shape index (κ1) is 12.2. The Kier molecular flexibility index (Phi) is 3.44. The zero-order valence-electron chi connectivity index (χ0n) is 10.8. The fourth-order valence-electron chi connectivity index (χ4n) is 3.20. The number of hydrogen-bond acceptors (Lipinski definition) is 3. The van der Waals surface area contributed by atoms with Gasteiger partial charge in [-0.3, -0.25) is 0 Å². The third-order valence-corrected chi connectivity index (χ3v) is 4.75. The van der Waals surface area contributed by atoms with Crippen LogP contribution in [0.1, 0.15) is 18.4 Å². The van der Waals surface area contributed by atoms with Crippen LogP contribution in [0.5, 0.6) is 0 Å². The summed E-state index contributed by atoms with van der Waals surface area (Å²) in [6.45, 7) is 6.72. The highest BCUT2D eigenvalue weighted by Gasteiger charge is 2.31. The van der Waals surface area contributed by atoms with Crippen molar-refractivity contribution in [2.75, 3.05) is 31.1 Å². The molecular weight excluding hydrogens is 246 g/mol. The van der Waals surface area contributed by atoms with Gasteiger partial charge < -0.3 is 10.2 Å². The number of aryl methyl sites for hydroxylation is 1. The number of nitrogens with one attached hydrogen (secondary N) is 1. The van der Waals surface area contributed by atoms with Gasteiger partial charge in [0.1, 0.15) is 5.15 Å². The van der Waals surface area contributed by atoms with E-state index < -0.39 is 0 Å². The van der Waals surface area contributed by atoms with Crippen molar-refractivity contribution in [1.82, 2.24) is 10.3 Å². The molecule has 2 aliphatic rings. The predicted molar refractivity (Wildman–Crippen MR) is 75.3 cm³/mol. The highest BCUT2D eigenvalue weighted by molar-refractivity contribution is 6.30. The van der Waals surface area contributed by atoms with Crippen LogP contribution < -0.4 is 10.2 Å². The lowest BCUT2D eigenvalue weighted by Gasteiger charge is -2.42. The van der Waals surface area contributed by atoms with Crippen LogP contribution in [0.25, 0.3) is 0 Å². The molecule has 0 radical (unpaired) electrons. The SMILES string of the molecule is Cc1cc(N2CC[C@H]3CNCC[C@H]3C2)cnc1Cl. The summed E-state index contributed by atoms with van der Waals surface area (Å²) < 4.78 is 0. The second-order valence-electron chi connectivity index (χ2n) is 5.55. The number of rotatable bonds is 1. The molecule has 2 fully saturated rings. The number of nitrogens with zero attached hydrogens (tertiary/aromatic N) is 2. The lowest BCUT2D eigenvalue weighted by atomic mass is 9.81. The van der Waals surface area contributed by atoms with Crippen molar-refractivity contribution in [2.45, 2.75) is 19.8 Å². The van der Waals surface area contributed by atoms with Gasteiger partial charge in [0, 0.05) is 13.1 Å². The molecule has 0 aliphatic carbocycles. The average Bonchev–Trinajstić information content (AvgIpc) is 2.41. The number of halogens is 1. The van der Waals surface area contributed by atoms with Crippen molar-refractivity contribution < 1.29 is 0 Å². The average molecular weight is 266 g/mol. The number of piperidine rings is 2. The fourth-order valence-corrected chi connectivity index (χ4v) is 3.31. The van der Waals surface area contributed by atoms with Crippen molar-refractivity contribution in [1.29, 1.82) is 0 Å². The topological polar surface area (TPSA) is 28.2 Å². The molecule has 3 rings (SSSR count). The molecule has 0 bridgehead atoms. The minimum absolute atomic E-state index is 0.621. The van der Waals surface area contributed by atoms with Crippen LogP contribution in [0.3, 0.4) is 0 Å². The Labute approximate surface area is 114 Å². The van der Waals surface area contributed by atoms with E-state index in [0.717, 1.165) is 23.9 Å². The maximum Gasteiger partial charge on any atom is 0.132 e. The standard InChI is InChI=1S/C14H20ClN3/c1-10-6-13(8-17-14(10)15)18-5-3-11-7-16-4-2-12(11)9-18/h6,8,11-12,16H,2-5,7,9H2,1H3/t11-,12-/m0/s1. The van der Waals surface area contributed by atoms with Crippen LogP contribution in [-0.2, 0) is 0 Å². The van der Waals surface area contributed by atoms with Gasteiger partial charge in [0.15, 0.2) is 0 Å². The lowest BCUT2D eigenvalue weighted by Crippen LogP contribution is -2.48. The van der Waals surface area contributed by atoms with Gasteiger partial charge in [-0.1, -0.05) is 11.6 Å². The molecule has 4 heteroatoms. The lowest BCUT2D eigenvalue weighted by molar-refractivity contribution is 0.218. The molecule has 0 amide bonds. The Morgan fingerprint density at radius 2 is 2.28 bits per heavy atom. The molecule has 1 aromatic heterocycles. The molecule has 1 N–H and O–H groups in total. The van der Waals surface area contributed by atoms with Crippen LogP contribution >= 0.6 is 11.6 Å². The Balaban J connectivity index is 1.75. The minimum Gasteiger partial charge on any atom is -0.370 e. The number of anilines is 1. The number of fused-ring (bicyclic) bond motifs is 1. The number of aromatic nitrogens is 1. The highest BCUT2D eigenvalue weighted by atomic mass is 35.5. The van der Waals surface area contributed by atoms with Crippen molar-refractivity contribution in [2.24, 2.45) is 11.8 Å². The van der Waals surface area contributed by atoms with Crippen LogP contribution in [0.4, 0.5) is 5.69 Å². The molecule has 1 aromatic rings. The Morgan fingerprint density at radius 1 is 1.39 bits per heavy atom. The Morgan fingerprint density at radius 3 is 3.11 bits per heavy atom. The molecule has 2 aliphatic heterocycles. The first-order valence-corrected chi connectivity index (χ1v) is 7.19. The number of hydrogen-bond donors (Lipinski definition) is 1. The van der Waals surface area contributed by atoms with E-state index in [1.165, 1.54) is 38.2 Å². The summed E-state index contributed by atoms with van der Waals surface area (Å²) in [5.74, 6) is 1.72. The summed E-state index contributed by atoms with van der Waals surface area (Å²) in [7, 11) is 0. The Hall–Kier alpha value is -0.800. The summed E-state index contributed by atoms with van der Waals surface area (Å²) in [6.07, 6.45) is 4.51.